The Morgan fingerprint density at radius 1 is 1.56 bits per heavy atom. The van der Waals surface area contributed by atoms with Gasteiger partial charge in [-0.15, -0.1) is 11.3 Å². The third-order valence-electron chi connectivity index (χ3n) is 2.12. The van der Waals surface area contributed by atoms with E-state index in [0.29, 0.717) is 5.70 Å². The summed E-state index contributed by atoms with van der Waals surface area (Å²) >= 11 is 0. The van der Waals surface area contributed by atoms with Crippen molar-refractivity contribution in [3.05, 3.63) is 24.4 Å². The Morgan fingerprint density at radius 3 is 2.44 bits per heavy atom. The fourth-order valence-electron chi connectivity index (χ4n) is 1.34. The molecule has 0 saturated carbocycles. The molecule has 0 aromatic rings. The van der Waals surface area contributed by atoms with Gasteiger partial charge in [-0.3, -0.25) is 0 Å². The topological polar surface area (TPSA) is 67.4 Å². The zero-order chi connectivity index (χ0) is 12.7. The minimum absolute atomic E-state index is 0.0457. The van der Waals surface area contributed by atoms with Crippen molar-refractivity contribution in [1.29, 1.82) is 0 Å². The lowest BCUT2D eigenvalue weighted by molar-refractivity contribution is -0.493. The van der Waals surface area contributed by atoms with Gasteiger partial charge >= 0.3 is 0 Å². The van der Waals surface area contributed by atoms with E-state index >= 15 is 0 Å². The molecule has 0 fully saturated rings. The van der Waals surface area contributed by atoms with Gasteiger partial charge in [0.1, 0.15) is 5.71 Å². The summed E-state index contributed by atoms with van der Waals surface area (Å²) < 4.78 is 1.51. The lowest BCUT2D eigenvalue weighted by Crippen LogP contribution is -2.27. The van der Waals surface area contributed by atoms with Crippen LogP contribution in [-0.2, 0) is 0 Å². The van der Waals surface area contributed by atoms with Crippen LogP contribution in [-0.4, -0.2) is 30.2 Å². The van der Waals surface area contributed by atoms with Gasteiger partial charge in [0.15, 0.2) is 13.8 Å². The normalized spacial score (nSPS) is 16.8. The summed E-state index contributed by atoms with van der Waals surface area (Å²) in [7, 11) is 1.77. The van der Waals surface area contributed by atoms with Crippen LogP contribution in [0.5, 0.6) is 0 Å². The first-order valence-corrected chi connectivity index (χ1v) is 5.30. The molecule has 0 heterocycles. The van der Waals surface area contributed by atoms with E-state index in [2.05, 4.69) is 18.4 Å². The molecule has 0 aliphatic heterocycles. The Morgan fingerprint density at radius 2 is 2.12 bits per heavy atom. The van der Waals surface area contributed by atoms with Crippen LogP contribution in [0.15, 0.2) is 29.5 Å². The molecule has 4 N–H and O–H groups in total. The highest BCUT2D eigenvalue weighted by atomic mass is 15.3. The van der Waals surface area contributed by atoms with Gasteiger partial charge in [-0.05, 0) is 30.9 Å². The van der Waals surface area contributed by atoms with E-state index in [1.165, 1.54) is 4.68 Å². The van der Waals surface area contributed by atoms with Gasteiger partial charge in [-0.2, -0.15) is 0 Å². The van der Waals surface area contributed by atoms with Crippen LogP contribution in [0.3, 0.4) is 0 Å². The number of rotatable bonds is 6. The second kappa shape index (κ2) is 6.95. The summed E-state index contributed by atoms with van der Waals surface area (Å²) in [5.41, 5.74) is 13.1. The maximum absolute atomic E-state index is 5.85. The maximum atomic E-state index is 5.85. The van der Waals surface area contributed by atoms with Gasteiger partial charge in [0.25, 0.3) is 0 Å². The number of hydrazone groups is 1. The van der Waals surface area contributed by atoms with E-state index in [0.717, 1.165) is 12.1 Å². The maximum Gasteiger partial charge on any atom is 0.163 e. The van der Waals surface area contributed by atoms with Gasteiger partial charge in [0.2, 0.25) is 0 Å². The van der Waals surface area contributed by atoms with Crippen LogP contribution in [0.4, 0.5) is 0 Å². The summed E-state index contributed by atoms with van der Waals surface area (Å²) in [5, 5.41) is 4.27. The molecule has 0 aromatic heterocycles. The fraction of sp³-hybridized carbons (Fsp3) is 0.500. The predicted molar refractivity (Wildman–Crippen MR) is 70.6 cm³/mol. The Balaban J connectivity index is 4.86. The molecular formula is C12H23N4+. The third kappa shape index (κ3) is 6.14. The highest BCUT2D eigenvalue weighted by Gasteiger charge is 2.13. The first-order chi connectivity index (χ1) is 7.36. The molecule has 0 spiro atoms. The second-order valence-corrected chi connectivity index (χ2v) is 4.10. The van der Waals surface area contributed by atoms with Crippen molar-refractivity contribution in [3.8, 4) is 0 Å². The molecule has 0 bridgehead atoms. The molecule has 4 nitrogen and oxygen atoms in total. The first kappa shape index (κ1) is 14.6. The summed E-state index contributed by atoms with van der Waals surface area (Å²) in [6.45, 7) is 11.2. The average Bonchev–Trinajstić information content (AvgIpc) is 2.11. The molecule has 0 aliphatic rings. The van der Waals surface area contributed by atoms with Gasteiger partial charge in [0.05, 0.1) is 0 Å². The van der Waals surface area contributed by atoms with E-state index < -0.39 is 0 Å². The zero-order valence-corrected chi connectivity index (χ0v) is 10.5. The van der Waals surface area contributed by atoms with Gasteiger partial charge in [-0.25, -0.2) is 0 Å². The zero-order valence-electron chi connectivity index (χ0n) is 10.5. The van der Waals surface area contributed by atoms with Crippen LogP contribution in [0.2, 0.25) is 0 Å². The highest BCUT2D eigenvalue weighted by molar-refractivity contribution is 5.95. The molecule has 16 heavy (non-hydrogen) atoms. The van der Waals surface area contributed by atoms with E-state index in [1.54, 1.807) is 7.05 Å². The smallest absolute Gasteiger partial charge is 0.163 e. The van der Waals surface area contributed by atoms with E-state index in [-0.39, 0.29) is 12.0 Å². The largest absolute Gasteiger partial charge is 0.402 e. The van der Waals surface area contributed by atoms with Gasteiger partial charge in [0, 0.05) is 18.2 Å². The number of hydrogen-bond donors (Lipinski definition) is 2. The SMILES string of the molecule is C=CC(CC(/C=C(/C)N)=N\[N+](=C)C)C(C)N. The van der Waals surface area contributed by atoms with Crippen molar-refractivity contribution < 1.29 is 4.68 Å². The molecule has 0 aliphatic carbocycles. The molecule has 0 radical (unpaired) electrons. The van der Waals surface area contributed by atoms with Gasteiger partial charge < -0.3 is 11.5 Å². The van der Waals surface area contributed by atoms with Crippen LogP contribution in [0, 0.1) is 5.92 Å². The quantitative estimate of drug-likeness (QED) is 0.306. The molecular weight excluding hydrogens is 200 g/mol. The Bertz CT molecular complexity index is 309. The van der Waals surface area contributed by atoms with Crippen molar-refractivity contribution in [1.82, 2.24) is 0 Å². The van der Waals surface area contributed by atoms with Crippen molar-refractivity contribution in [2.75, 3.05) is 7.05 Å². The van der Waals surface area contributed by atoms with Crippen molar-refractivity contribution in [2.24, 2.45) is 22.5 Å². The lowest BCUT2D eigenvalue weighted by Gasteiger charge is -2.15. The fourth-order valence-corrected chi connectivity index (χ4v) is 1.34. The Labute approximate surface area is 98.0 Å². The highest BCUT2D eigenvalue weighted by Crippen LogP contribution is 2.11. The number of nitrogens with two attached hydrogens (primary N) is 2. The number of allylic oxidation sites excluding steroid dienone is 2. The number of hydrogen-bond acceptors (Lipinski definition) is 3. The molecule has 2 atom stereocenters. The summed E-state index contributed by atoms with van der Waals surface area (Å²) in [4.78, 5) is 0. The minimum atomic E-state index is 0.0457. The average molecular weight is 223 g/mol. The Kier molecular flexibility index (Phi) is 6.34. The molecule has 0 aromatic carbocycles. The van der Waals surface area contributed by atoms with Crippen LogP contribution in [0.1, 0.15) is 20.3 Å². The molecule has 0 amide bonds. The van der Waals surface area contributed by atoms with Crippen molar-refractivity contribution in [3.63, 3.8) is 0 Å². The summed E-state index contributed by atoms with van der Waals surface area (Å²) in [6, 6.07) is 0.0457. The minimum Gasteiger partial charge on any atom is -0.402 e. The molecule has 0 saturated heterocycles. The van der Waals surface area contributed by atoms with E-state index in [4.69, 9.17) is 11.5 Å². The van der Waals surface area contributed by atoms with E-state index in [9.17, 15) is 0 Å². The summed E-state index contributed by atoms with van der Waals surface area (Å²) in [5.74, 6) is 0.189. The van der Waals surface area contributed by atoms with E-state index in [1.807, 2.05) is 26.0 Å². The van der Waals surface area contributed by atoms with Crippen LogP contribution < -0.4 is 11.5 Å². The lowest BCUT2D eigenvalue weighted by atomic mass is 9.95. The monoisotopic (exact) mass is 223 g/mol. The predicted octanol–water partition coefficient (Wildman–Crippen LogP) is 1.09. The Hall–Kier alpha value is -1.42. The second-order valence-electron chi connectivity index (χ2n) is 4.10. The molecule has 0 rings (SSSR count). The molecule has 90 valence electrons. The van der Waals surface area contributed by atoms with Gasteiger partial charge in [-0.1, -0.05) is 6.08 Å². The number of nitrogens with zero attached hydrogens (tertiary/aromatic N) is 2. The van der Waals surface area contributed by atoms with Crippen LogP contribution >= 0.6 is 0 Å². The van der Waals surface area contributed by atoms with Crippen molar-refractivity contribution >= 4 is 12.4 Å². The van der Waals surface area contributed by atoms with Crippen molar-refractivity contribution in [2.45, 2.75) is 26.3 Å². The third-order valence-corrected chi connectivity index (χ3v) is 2.12. The summed E-state index contributed by atoms with van der Waals surface area (Å²) in [6.07, 6.45) is 4.40. The standard InChI is InChI=1S/C12H23N4/c1-6-11(10(3)14)8-12(7-9(2)13)15-16(4)5/h6-7,10-11H,1,4,8,13-14H2,2-3,5H3/q+1/b9-7-,15-12-. The first-order valence-electron chi connectivity index (χ1n) is 5.30. The van der Waals surface area contributed by atoms with Crippen LogP contribution in [0.25, 0.3) is 0 Å². The molecule has 2 unspecified atom stereocenters. The molecule has 4 heteroatoms.